The second kappa shape index (κ2) is 3.02. The summed E-state index contributed by atoms with van der Waals surface area (Å²) in [6.07, 6.45) is 0. The van der Waals surface area contributed by atoms with E-state index in [2.05, 4.69) is 10.3 Å². The summed E-state index contributed by atoms with van der Waals surface area (Å²) in [5, 5.41) is 0. The normalized spacial score (nSPS) is 10.0. The summed E-state index contributed by atoms with van der Waals surface area (Å²) in [7, 11) is 2.62. The van der Waals surface area contributed by atoms with Crippen LogP contribution in [0.25, 0.3) is 0 Å². The van der Waals surface area contributed by atoms with Gasteiger partial charge in [-0.05, 0) is 0 Å². The molecule has 0 saturated carbocycles. The molecule has 0 aromatic heterocycles. The number of hydrazine groups is 1. The second-order valence-corrected chi connectivity index (χ2v) is 0.651. The predicted molar refractivity (Wildman–Crippen MR) is 19.0 cm³/mol. The van der Waals surface area contributed by atoms with Crippen LogP contribution in [0.1, 0.15) is 0 Å². The van der Waals surface area contributed by atoms with Crippen molar-refractivity contribution >= 4 is 0 Å². The third-order valence-corrected chi connectivity index (χ3v) is 0.336. The van der Waals surface area contributed by atoms with Crippen LogP contribution in [-0.2, 0) is 4.84 Å². The lowest BCUT2D eigenvalue weighted by Gasteiger charge is -2.01. The number of nitrogens with one attached hydrogen (secondary N) is 1. The van der Waals surface area contributed by atoms with E-state index in [-0.39, 0.29) is 5.39 Å². The summed E-state index contributed by atoms with van der Waals surface area (Å²) in [6, 6.07) is 0. The van der Waals surface area contributed by atoms with Gasteiger partial charge in [-0.15, -0.1) is 0 Å². The van der Waals surface area contributed by atoms with E-state index in [1.165, 1.54) is 14.2 Å². The largest absolute Gasteiger partial charge is 0.260 e. The van der Waals surface area contributed by atoms with Crippen molar-refractivity contribution in [2.75, 3.05) is 14.2 Å². The molecule has 6 heavy (non-hydrogen) atoms. The lowest BCUT2D eigenvalue weighted by atomic mass is 11.5. The Kier molecular flexibility index (Phi) is 2.92. The van der Waals surface area contributed by atoms with Crippen molar-refractivity contribution < 1.29 is 9.32 Å². The van der Waals surface area contributed by atoms with Crippen LogP contribution in [0.3, 0.4) is 0 Å². The summed E-state index contributed by atoms with van der Waals surface area (Å²) in [6.45, 7) is 0. The monoisotopic (exact) mass is 94.1 g/mol. The molecule has 4 heteroatoms. The number of hydrogen-bond donors (Lipinski definition) is 1. The highest BCUT2D eigenvalue weighted by molar-refractivity contribution is 3.90. The van der Waals surface area contributed by atoms with E-state index in [1.54, 1.807) is 0 Å². The molecule has 0 amide bonds. The number of hydrogen-bond acceptors (Lipinski definition) is 3. The molecular weight excluding hydrogens is 87.0 g/mol. The average molecular weight is 94.1 g/mol. The summed E-state index contributed by atoms with van der Waals surface area (Å²) in [4.78, 5) is 3.95. The zero-order chi connectivity index (χ0) is 4.99. The minimum atomic E-state index is 0. The number of nitrogens with zero attached hydrogens (tertiary/aromatic N) is 1. The Morgan fingerprint density at radius 1 is 1.83 bits per heavy atom. The van der Waals surface area contributed by atoms with Gasteiger partial charge in [-0.3, -0.25) is 4.84 Å². The zero-order valence-electron chi connectivity index (χ0n) is 3.73. The standard InChI is InChI=1S/C2H7FN2O/c1-4-5(3)6-2/h4H,1-2H3. The van der Waals surface area contributed by atoms with Gasteiger partial charge in [0.15, 0.2) is 0 Å². The van der Waals surface area contributed by atoms with Gasteiger partial charge >= 0.3 is 0 Å². The third kappa shape index (κ3) is 2.07. The van der Waals surface area contributed by atoms with Crippen molar-refractivity contribution in [3.63, 3.8) is 0 Å². The number of rotatable bonds is 2. The van der Waals surface area contributed by atoms with Gasteiger partial charge in [0.25, 0.3) is 0 Å². The van der Waals surface area contributed by atoms with Crippen LogP contribution in [0.4, 0.5) is 4.48 Å². The van der Waals surface area contributed by atoms with Crippen LogP contribution in [0.15, 0.2) is 0 Å². The summed E-state index contributed by atoms with van der Waals surface area (Å²) in [5.41, 5.74) is 2.06. The van der Waals surface area contributed by atoms with Crippen molar-refractivity contribution in [1.29, 1.82) is 0 Å². The van der Waals surface area contributed by atoms with E-state index in [0.717, 1.165) is 0 Å². The smallest absolute Gasteiger partial charge is 0.0619 e. The Balaban J connectivity index is 2.75. The summed E-state index contributed by atoms with van der Waals surface area (Å²) >= 11 is 0. The van der Waals surface area contributed by atoms with Crippen molar-refractivity contribution in [1.82, 2.24) is 10.8 Å². The molecule has 0 bridgehead atoms. The average Bonchev–Trinajstić information content (AvgIpc) is 1.65. The first kappa shape index (κ1) is 5.81. The van der Waals surface area contributed by atoms with Crippen molar-refractivity contribution in [2.24, 2.45) is 0 Å². The summed E-state index contributed by atoms with van der Waals surface area (Å²) in [5.74, 6) is 0. The molecule has 0 rings (SSSR count). The Labute approximate surface area is 35.6 Å². The van der Waals surface area contributed by atoms with E-state index in [0.29, 0.717) is 0 Å². The molecule has 0 aromatic carbocycles. The van der Waals surface area contributed by atoms with Crippen LogP contribution in [0.2, 0.25) is 0 Å². The van der Waals surface area contributed by atoms with Crippen LogP contribution >= 0.6 is 0 Å². The second-order valence-electron chi connectivity index (χ2n) is 0.651. The van der Waals surface area contributed by atoms with Crippen LogP contribution < -0.4 is 5.43 Å². The fourth-order valence-corrected chi connectivity index (χ4v) is 0.0913. The zero-order valence-corrected chi connectivity index (χ0v) is 3.73. The molecule has 0 aliphatic rings. The van der Waals surface area contributed by atoms with Gasteiger partial charge in [0.05, 0.1) is 12.5 Å². The molecule has 38 valence electrons. The van der Waals surface area contributed by atoms with E-state index < -0.39 is 0 Å². The van der Waals surface area contributed by atoms with E-state index in [4.69, 9.17) is 0 Å². The maximum absolute atomic E-state index is 11.4. The highest BCUT2D eigenvalue weighted by atomic mass is 19.2. The lowest BCUT2D eigenvalue weighted by Crippen LogP contribution is -2.24. The summed E-state index contributed by atoms with van der Waals surface area (Å²) < 4.78 is 11.4. The first-order valence-corrected chi connectivity index (χ1v) is 1.48. The molecule has 0 atom stereocenters. The fourth-order valence-electron chi connectivity index (χ4n) is 0.0913. The Bertz CT molecular complexity index is 30.7. The Morgan fingerprint density at radius 2 is 2.33 bits per heavy atom. The van der Waals surface area contributed by atoms with Gasteiger partial charge < -0.3 is 0 Å². The van der Waals surface area contributed by atoms with Gasteiger partial charge in [0.2, 0.25) is 0 Å². The van der Waals surface area contributed by atoms with Crippen molar-refractivity contribution in [3.05, 3.63) is 0 Å². The molecular formula is C2H7FN2O. The fraction of sp³-hybridized carbons (Fsp3) is 1.00. The molecule has 0 fully saturated rings. The van der Waals surface area contributed by atoms with Crippen LogP contribution in [-0.4, -0.2) is 19.6 Å². The molecule has 0 radical (unpaired) electrons. The Morgan fingerprint density at radius 3 is 2.33 bits per heavy atom. The predicted octanol–water partition coefficient (Wildman–Crippen LogP) is -0.131. The van der Waals surface area contributed by atoms with Gasteiger partial charge in [0, 0.05) is 7.05 Å². The molecule has 0 aliphatic heterocycles. The van der Waals surface area contributed by atoms with Gasteiger partial charge in [0.1, 0.15) is 0 Å². The maximum Gasteiger partial charge on any atom is 0.0619 e. The van der Waals surface area contributed by atoms with Crippen molar-refractivity contribution in [2.45, 2.75) is 0 Å². The molecule has 3 nitrogen and oxygen atoms in total. The van der Waals surface area contributed by atoms with Gasteiger partial charge in [-0.2, -0.15) is 0 Å². The van der Waals surface area contributed by atoms with E-state index in [9.17, 15) is 4.48 Å². The highest BCUT2D eigenvalue weighted by Crippen LogP contribution is 1.74. The molecule has 0 unspecified atom stereocenters. The number of halogens is 1. The van der Waals surface area contributed by atoms with Crippen LogP contribution in [0, 0.1) is 0 Å². The van der Waals surface area contributed by atoms with Crippen molar-refractivity contribution in [3.8, 4) is 0 Å². The third-order valence-electron chi connectivity index (χ3n) is 0.336. The first-order chi connectivity index (χ1) is 2.81. The molecule has 0 heterocycles. The molecule has 1 N–H and O–H groups in total. The quantitative estimate of drug-likeness (QED) is 0.381. The van der Waals surface area contributed by atoms with E-state index in [1.807, 2.05) is 0 Å². The molecule has 0 aliphatic carbocycles. The first-order valence-electron chi connectivity index (χ1n) is 1.48. The maximum atomic E-state index is 11.4. The van der Waals surface area contributed by atoms with Gasteiger partial charge in [-0.25, -0.2) is 5.43 Å². The van der Waals surface area contributed by atoms with Gasteiger partial charge in [-0.1, -0.05) is 4.48 Å². The highest BCUT2D eigenvalue weighted by Gasteiger charge is 1.86. The Hall–Kier alpha value is -0.190. The lowest BCUT2D eigenvalue weighted by molar-refractivity contribution is -0.293. The minimum absolute atomic E-state index is 0. The minimum Gasteiger partial charge on any atom is -0.260 e. The SMILES string of the molecule is CNN(F)OC. The molecule has 0 saturated heterocycles. The molecule has 0 aromatic rings. The van der Waals surface area contributed by atoms with E-state index >= 15 is 0 Å². The topological polar surface area (TPSA) is 24.5 Å². The van der Waals surface area contributed by atoms with Crippen LogP contribution in [0.5, 0.6) is 0 Å². The molecule has 0 spiro atoms.